The van der Waals surface area contributed by atoms with Crippen LogP contribution >= 0.6 is 15.8 Å². The Hall–Kier alpha value is -4.02. The van der Waals surface area contributed by atoms with Crippen LogP contribution in [-0.4, -0.2) is 0 Å². The third-order valence-corrected chi connectivity index (χ3v) is 14.8. The van der Waals surface area contributed by atoms with Gasteiger partial charge in [0, 0.05) is 27.2 Å². The molecule has 0 atom stereocenters. The van der Waals surface area contributed by atoms with Gasteiger partial charge in [-0.1, -0.05) is 189 Å². The molecule has 3 heteroatoms. The molecule has 1 heterocycles. The molecule has 0 fully saturated rings. The molecule has 0 saturated carbocycles. The highest BCUT2D eigenvalue weighted by molar-refractivity contribution is 7.80. The Balaban J connectivity index is 1.58. The number of hydrogen-bond acceptors (Lipinski definition) is 1. The number of fused-ring (bicyclic) bond motifs is 2. The minimum Gasteiger partial charge on any atom is -0.455 e. The molecule has 1 aliphatic rings. The standard InChI is InChI=1S/C47H48OP2/c1-45(2,3)33-31-39-43(41(32-33)50(36-25-17-11-18-26-36)37-27-19-12-20-28-37)48-44-40(30-29-38(46(4,5)6)42(44)47(39,7)8)49(34-21-13-9-14-22-34)35-23-15-10-16-24-35/h9-32H,1-8H3. The molecule has 1 aliphatic heterocycles. The van der Waals surface area contributed by atoms with E-state index in [9.17, 15) is 0 Å². The highest BCUT2D eigenvalue weighted by atomic mass is 31.1. The van der Waals surface area contributed by atoms with E-state index in [4.69, 9.17) is 4.74 Å². The summed E-state index contributed by atoms with van der Waals surface area (Å²) >= 11 is 0. The second-order valence-corrected chi connectivity index (χ2v) is 20.3. The van der Waals surface area contributed by atoms with Crippen LogP contribution in [0.1, 0.15) is 77.6 Å². The van der Waals surface area contributed by atoms with Crippen LogP contribution < -0.4 is 36.6 Å². The lowest BCUT2D eigenvalue weighted by Gasteiger charge is -2.42. The lowest BCUT2D eigenvalue weighted by molar-refractivity contribution is 0.413. The van der Waals surface area contributed by atoms with E-state index in [2.05, 4.69) is 201 Å². The molecule has 0 aromatic heterocycles. The van der Waals surface area contributed by atoms with Gasteiger partial charge in [-0.25, -0.2) is 0 Å². The molecule has 0 spiro atoms. The monoisotopic (exact) mass is 690 g/mol. The van der Waals surface area contributed by atoms with Crippen molar-refractivity contribution in [2.24, 2.45) is 0 Å². The lowest BCUT2D eigenvalue weighted by Crippen LogP contribution is -2.36. The molecule has 0 aliphatic carbocycles. The van der Waals surface area contributed by atoms with Crippen LogP contribution in [0.25, 0.3) is 0 Å². The summed E-state index contributed by atoms with van der Waals surface area (Å²) in [6.07, 6.45) is 0. The van der Waals surface area contributed by atoms with Crippen molar-refractivity contribution in [3.8, 4) is 11.5 Å². The van der Waals surface area contributed by atoms with Gasteiger partial charge in [0.2, 0.25) is 0 Å². The zero-order chi connectivity index (χ0) is 35.3. The fraction of sp³-hybridized carbons (Fsp3) is 0.234. The average molecular weight is 691 g/mol. The van der Waals surface area contributed by atoms with E-state index >= 15 is 0 Å². The van der Waals surface area contributed by atoms with Gasteiger partial charge in [0.1, 0.15) is 11.5 Å². The summed E-state index contributed by atoms with van der Waals surface area (Å²) in [4.78, 5) is 0. The average Bonchev–Trinajstić information content (AvgIpc) is 3.10. The van der Waals surface area contributed by atoms with E-state index in [1.165, 1.54) is 54.1 Å². The van der Waals surface area contributed by atoms with Crippen molar-refractivity contribution in [2.75, 3.05) is 0 Å². The molecule has 6 aromatic carbocycles. The van der Waals surface area contributed by atoms with Crippen molar-refractivity contribution < 1.29 is 4.74 Å². The Labute approximate surface area is 302 Å². The maximum Gasteiger partial charge on any atom is 0.140 e. The van der Waals surface area contributed by atoms with Gasteiger partial charge in [0.25, 0.3) is 0 Å². The molecule has 0 radical (unpaired) electrons. The first-order valence-electron chi connectivity index (χ1n) is 17.7. The summed E-state index contributed by atoms with van der Waals surface area (Å²) in [5.74, 6) is 2.06. The number of rotatable bonds is 6. The molecule has 7 rings (SSSR count). The SMILES string of the molecule is CC(C)(C)c1cc(P(c2ccccc2)c2ccccc2)c2c(c1)C(C)(C)c1c(C(C)(C)C)ccc(P(c3ccccc3)c3ccccc3)c1O2. The van der Waals surface area contributed by atoms with Crippen molar-refractivity contribution in [1.82, 2.24) is 0 Å². The van der Waals surface area contributed by atoms with Crippen LogP contribution in [0.5, 0.6) is 11.5 Å². The number of benzene rings is 6. The van der Waals surface area contributed by atoms with Gasteiger partial charge >= 0.3 is 0 Å². The van der Waals surface area contributed by atoms with Gasteiger partial charge in [0.15, 0.2) is 0 Å². The van der Waals surface area contributed by atoms with E-state index in [1.54, 1.807) is 0 Å². The van der Waals surface area contributed by atoms with Crippen molar-refractivity contribution in [3.63, 3.8) is 0 Å². The Bertz CT molecular complexity index is 2030. The molecule has 252 valence electrons. The smallest absolute Gasteiger partial charge is 0.140 e. The Kier molecular flexibility index (Phi) is 9.14. The topological polar surface area (TPSA) is 9.23 Å². The zero-order valence-electron chi connectivity index (χ0n) is 30.7. The van der Waals surface area contributed by atoms with Gasteiger partial charge in [-0.15, -0.1) is 0 Å². The van der Waals surface area contributed by atoms with Crippen molar-refractivity contribution in [2.45, 2.75) is 71.6 Å². The van der Waals surface area contributed by atoms with Gasteiger partial charge in [-0.05, 0) is 71.2 Å². The van der Waals surface area contributed by atoms with Crippen molar-refractivity contribution in [3.05, 3.63) is 168 Å². The third kappa shape index (κ3) is 6.36. The maximum atomic E-state index is 7.66. The van der Waals surface area contributed by atoms with Gasteiger partial charge in [0.05, 0.1) is 0 Å². The van der Waals surface area contributed by atoms with Gasteiger partial charge in [-0.3, -0.25) is 0 Å². The predicted molar refractivity (Wildman–Crippen MR) is 220 cm³/mol. The number of hydrogen-bond donors (Lipinski definition) is 0. The maximum absolute atomic E-state index is 7.66. The minimum atomic E-state index is -0.917. The molecule has 6 aromatic rings. The predicted octanol–water partition coefficient (Wildman–Crippen LogP) is 10.2. The van der Waals surface area contributed by atoms with Crippen molar-refractivity contribution in [1.29, 1.82) is 0 Å². The van der Waals surface area contributed by atoms with Crippen LogP contribution in [0.3, 0.4) is 0 Å². The first-order chi connectivity index (χ1) is 23.9. The van der Waals surface area contributed by atoms with Gasteiger partial charge in [-0.2, -0.15) is 0 Å². The molecule has 0 amide bonds. The lowest BCUT2D eigenvalue weighted by atomic mass is 9.68. The second-order valence-electron chi connectivity index (χ2n) is 15.9. The molecular formula is C47H48OP2. The minimum absolute atomic E-state index is 0.0435. The van der Waals surface area contributed by atoms with E-state index in [0.29, 0.717) is 0 Å². The van der Waals surface area contributed by atoms with E-state index in [-0.39, 0.29) is 16.2 Å². The zero-order valence-corrected chi connectivity index (χ0v) is 32.4. The van der Waals surface area contributed by atoms with Crippen molar-refractivity contribution >= 4 is 47.7 Å². The summed E-state index contributed by atoms with van der Waals surface area (Å²) in [5.41, 5.74) is 4.84. The van der Waals surface area contributed by atoms with Crippen LogP contribution in [0.2, 0.25) is 0 Å². The highest BCUT2D eigenvalue weighted by Gasteiger charge is 2.43. The summed E-state index contributed by atoms with van der Waals surface area (Å²) in [7, 11) is -1.81. The molecule has 0 unspecified atom stereocenters. The normalized spacial score (nSPS) is 13.9. The third-order valence-electron chi connectivity index (χ3n) is 9.92. The number of ether oxygens (including phenoxy) is 1. The van der Waals surface area contributed by atoms with Crippen LogP contribution in [0.15, 0.2) is 146 Å². The highest BCUT2D eigenvalue weighted by Crippen LogP contribution is 2.55. The molecule has 1 nitrogen and oxygen atoms in total. The van der Waals surface area contributed by atoms with E-state index in [1.807, 2.05) is 0 Å². The fourth-order valence-corrected chi connectivity index (χ4v) is 12.1. The Morgan fingerprint density at radius 1 is 0.460 bits per heavy atom. The summed E-state index contributed by atoms with van der Waals surface area (Å²) in [6, 6.07) is 53.9. The molecular weight excluding hydrogens is 642 g/mol. The summed E-state index contributed by atoms with van der Waals surface area (Å²) in [5, 5.41) is 7.86. The Morgan fingerprint density at radius 3 is 1.28 bits per heavy atom. The molecule has 0 bridgehead atoms. The second kappa shape index (κ2) is 13.3. The van der Waals surface area contributed by atoms with Crippen LogP contribution in [-0.2, 0) is 16.2 Å². The molecule has 0 N–H and O–H groups in total. The largest absolute Gasteiger partial charge is 0.455 e. The first-order valence-corrected chi connectivity index (χ1v) is 20.4. The Morgan fingerprint density at radius 2 is 0.880 bits per heavy atom. The first kappa shape index (κ1) is 34.4. The summed E-state index contributed by atoms with van der Waals surface area (Å²) < 4.78 is 7.66. The van der Waals surface area contributed by atoms with Gasteiger partial charge < -0.3 is 4.74 Å². The molecule has 0 saturated heterocycles. The summed E-state index contributed by atoms with van der Waals surface area (Å²) in [6.45, 7) is 18.9. The fourth-order valence-electron chi connectivity index (χ4n) is 7.28. The van der Waals surface area contributed by atoms with E-state index < -0.39 is 15.8 Å². The molecule has 50 heavy (non-hydrogen) atoms. The van der Waals surface area contributed by atoms with E-state index in [0.717, 1.165) is 11.5 Å². The van der Waals surface area contributed by atoms with Crippen LogP contribution in [0.4, 0.5) is 0 Å². The van der Waals surface area contributed by atoms with Crippen LogP contribution in [0, 0.1) is 0 Å². The quantitative estimate of drug-likeness (QED) is 0.158.